The summed E-state index contributed by atoms with van der Waals surface area (Å²) in [7, 11) is 0. The van der Waals surface area contributed by atoms with Crippen molar-refractivity contribution in [2.75, 3.05) is 5.32 Å². The molecule has 0 bridgehead atoms. The van der Waals surface area contributed by atoms with Gasteiger partial charge in [0.05, 0.1) is 12.2 Å². The van der Waals surface area contributed by atoms with Crippen molar-refractivity contribution < 1.29 is 17.9 Å². The summed E-state index contributed by atoms with van der Waals surface area (Å²) < 4.78 is 40.0. The zero-order valence-electron chi connectivity index (χ0n) is 12.4. The fourth-order valence-corrected chi connectivity index (χ4v) is 2.55. The standard InChI is InChI=1S/C14H15F3N4OS/c1-8-9(2)23-12(20-8)7-19-13(18)21-10-3-5-11(6-4-10)22-14(15,16)17/h3-6H,7H2,1-2H3,(H3,18,19,21). The van der Waals surface area contributed by atoms with Gasteiger partial charge in [0, 0.05) is 10.6 Å². The van der Waals surface area contributed by atoms with Gasteiger partial charge in [-0.25, -0.2) is 9.98 Å². The molecule has 0 aliphatic rings. The van der Waals surface area contributed by atoms with Crippen molar-refractivity contribution in [2.45, 2.75) is 26.8 Å². The van der Waals surface area contributed by atoms with Crippen LogP contribution in [0.3, 0.4) is 0 Å². The topological polar surface area (TPSA) is 72.5 Å². The number of ether oxygens (including phenoxy) is 1. The smallest absolute Gasteiger partial charge is 0.406 e. The number of hydrogen-bond acceptors (Lipinski definition) is 4. The van der Waals surface area contributed by atoms with Crippen molar-refractivity contribution in [3.05, 3.63) is 39.8 Å². The summed E-state index contributed by atoms with van der Waals surface area (Å²) in [5, 5.41) is 3.64. The van der Waals surface area contributed by atoms with E-state index in [9.17, 15) is 13.2 Å². The van der Waals surface area contributed by atoms with Gasteiger partial charge in [-0.15, -0.1) is 24.5 Å². The Morgan fingerprint density at radius 3 is 2.48 bits per heavy atom. The zero-order chi connectivity index (χ0) is 17.0. The van der Waals surface area contributed by atoms with E-state index in [4.69, 9.17) is 5.73 Å². The van der Waals surface area contributed by atoms with Crippen molar-refractivity contribution in [1.82, 2.24) is 4.98 Å². The lowest BCUT2D eigenvalue weighted by molar-refractivity contribution is -0.274. The summed E-state index contributed by atoms with van der Waals surface area (Å²) in [5.41, 5.74) is 7.21. The first-order chi connectivity index (χ1) is 10.7. The summed E-state index contributed by atoms with van der Waals surface area (Å²) in [5.74, 6) is -0.146. The monoisotopic (exact) mass is 344 g/mol. The highest BCUT2D eigenvalue weighted by Crippen LogP contribution is 2.24. The number of nitrogens with zero attached hydrogens (tertiary/aromatic N) is 2. The molecular formula is C14H15F3N4OS. The first kappa shape index (κ1) is 17.1. The highest BCUT2D eigenvalue weighted by Gasteiger charge is 2.30. The van der Waals surface area contributed by atoms with Crippen molar-refractivity contribution in [2.24, 2.45) is 10.7 Å². The summed E-state index contributed by atoms with van der Waals surface area (Å²) in [6.07, 6.45) is -4.71. The van der Waals surface area contributed by atoms with Gasteiger partial charge in [0.1, 0.15) is 10.8 Å². The number of halogens is 3. The maximum absolute atomic E-state index is 12.1. The van der Waals surface area contributed by atoms with Crippen LogP contribution in [0.1, 0.15) is 15.6 Å². The molecule has 0 fully saturated rings. The minimum Gasteiger partial charge on any atom is -0.406 e. The first-order valence-corrected chi connectivity index (χ1v) is 7.40. The fourth-order valence-electron chi connectivity index (χ4n) is 1.69. The largest absolute Gasteiger partial charge is 0.573 e. The van der Waals surface area contributed by atoms with Crippen LogP contribution in [0.4, 0.5) is 18.9 Å². The third-order valence-electron chi connectivity index (χ3n) is 2.82. The van der Waals surface area contributed by atoms with E-state index in [1.807, 2.05) is 13.8 Å². The summed E-state index contributed by atoms with van der Waals surface area (Å²) in [4.78, 5) is 9.61. The predicted octanol–water partition coefficient (Wildman–Crippen LogP) is 3.59. The van der Waals surface area contributed by atoms with Gasteiger partial charge in [-0.2, -0.15) is 0 Å². The average Bonchev–Trinajstić information content (AvgIpc) is 2.76. The maximum Gasteiger partial charge on any atom is 0.573 e. The number of alkyl halides is 3. The number of nitrogens with two attached hydrogens (primary N) is 1. The minimum atomic E-state index is -4.71. The molecule has 0 atom stereocenters. The molecule has 1 heterocycles. The maximum atomic E-state index is 12.1. The van der Waals surface area contributed by atoms with Gasteiger partial charge in [-0.1, -0.05) is 0 Å². The molecule has 2 rings (SSSR count). The zero-order valence-corrected chi connectivity index (χ0v) is 13.3. The van der Waals surface area contributed by atoms with Gasteiger partial charge < -0.3 is 15.8 Å². The molecular weight excluding hydrogens is 329 g/mol. The Bertz CT molecular complexity index is 676. The summed E-state index contributed by atoms with van der Waals surface area (Å²) >= 11 is 1.55. The average molecular weight is 344 g/mol. The minimum absolute atomic E-state index is 0.153. The van der Waals surface area contributed by atoms with Crippen molar-refractivity contribution in [3.8, 4) is 5.75 Å². The van der Waals surface area contributed by atoms with E-state index < -0.39 is 6.36 Å². The molecule has 2 aromatic rings. The van der Waals surface area contributed by atoms with E-state index in [0.29, 0.717) is 12.2 Å². The second kappa shape index (κ2) is 6.86. The molecule has 0 unspecified atom stereocenters. The van der Waals surface area contributed by atoms with Gasteiger partial charge in [-0.3, -0.25) is 0 Å². The number of anilines is 1. The van der Waals surface area contributed by atoms with Crippen LogP contribution in [-0.2, 0) is 6.54 Å². The quantitative estimate of drug-likeness (QED) is 0.657. The van der Waals surface area contributed by atoms with Gasteiger partial charge in [-0.05, 0) is 38.1 Å². The highest BCUT2D eigenvalue weighted by atomic mass is 32.1. The van der Waals surface area contributed by atoms with E-state index >= 15 is 0 Å². The Morgan fingerprint density at radius 2 is 1.96 bits per heavy atom. The second-order valence-electron chi connectivity index (χ2n) is 4.65. The molecule has 3 N–H and O–H groups in total. The lowest BCUT2D eigenvalue weighted by Crippen LogP contribution is -2.22. The number of benzene rings is 1. The summed E-state index contributed by atoms with van der Waals surface area (Å²) in [6.45, 7) is 4.24. The van der Waals surface area contributed by atoms with Crippen molar-refractivity contribution in [1.29, 1.82) is 0 Å². The van der Waals surface area contributed by atoms with Gasteiger partial charge in [0.2, 0.25) is 0 Å². The number of aliphatic imine (C=N–C) groups is 1. The molecule has 0 radical (unpaired) electrons. The Morgan fingerprint density at radius 1 is 1.30 bits per heavy atom. The van der Waals surface area contributed by atoms with Crippen LogP contribution in [0.25, 0.3) is 0 Å². The van der Waals surface area contributed by atoms with Crippen LogP contribution in [0.15, 0.2) is 29.3 Å². The molecule has 0 saturated heterocycles. The molecule has 23 heavy (non-hydrogen) atoms. The Labute approximate surface area is 135 Å². The van der Waals surface area contributed by atoms with Crippen molar-refractivity contribution in [3.63, 3.8) is 0 Å². The van der Waals surface area contributed by atoms with Crippen LogP contribution in [0.5, 0.6) is 5.75 Å². The van der Waals surface area contributed by atoms with E-state index in [0.717, 1.165) is 15.6 Å². The number of nitrogens with one attached hydrogen (secondary N) is 1. The number of aromatic nitrogens is 1. The predicted molar refractivity (Wildman–Crippen MR) is 83.7 cm³/mol. The SMILES string of the molecule is Cc1nc(CN=C(N)Nc2ccc(OC(F)(F)F)cc2)sc1C. The third-order valence-corrected chi connectivity index (χ3v) is 3.88. The van der Waals surface area contributed by atoms with Crippen LogP contribution < -0.4 is 15.8 Å². The molecule has 9 heteroatoms. The van der Waals surface area contributed by atoms with Crippen LogP contribution in [0, 0.1) is 13.8 Å². The van der Waals surface area contributed by atoms with E-state index in [2.05, 4.69) is 20.0 Å². The Hall–Kier alpha value is -2.29. The van der Waals surface area contributed by atoms with Gasteiger partial charge >= 0.3 is 6.36 Å². The second-order valence-corrected chi connectivity index (χ2v) is 5.94. The lowest BCUT2D eigenvalue weighted by Gasteiger charge is -2.10. The fraction of sp³-hybridized carbons (Fsp3) is 0.286. The molecule has 5 nitrogen and oxygen atoms in total. The Balaban J connectivity index is 1.94. The van der Waals surface area contributed by atoms with E-state index in [1.54, 1.807) is 11.3 Å². The molecule has 0 saturated carbocycles. The number of hydrogen-bond donors (Lipinski definition) is 2. The molecule has 0 spiro atoms. The Kier molecular flexibility index (Phi) is 5.09. The van der Waals surface area contributed by atoms with Gasteiger partial charge in [0.25, 0.3) is 0 Å². The number of rotatable bonds is 4. The lowest BCUT2D eigenvalue weighted by atomic mass is 10.3. The normalized spacial score (nSPS) is 12.3. The first-order valence-electron chi connectivity index (χ1n) is 6.58. The van der Waals surface area contributed by atoms with Crippen LogP contribution in [-0.4, -0.2) is 17.3 Å². The molecule has 124 valence electrons. The van der Waals surface area contributed by atoms with Gasteiger partial charge in [0.15, 0.2) is 5.96 Å². The molecule has 1 aromatic heterocycles. The van der Waals surface area contributed by atoms with E-state index in [-0.39, 0.29) is 11.7 Å². The number of aryl methyl sites for hydroxylation is 2. The highest BCUT2D eigenvalue weighted by molar-refractivity contribution is 7.11. The molecule has 0 amide bonds. The van der Waals surface area contributed by atoms with Crippen molar-refractivity contribution >= 4 is 23.0 Å². The van der Waals surface area contributed by atoms with Crippen LogP contribution >= 0.6 is 11.3 Å². The van der Waals surface area contributed by atoms with E-state index in [1.165, 1.54) is 24.3 Å². The third kappa shape index (κ3) is 5.44. The molecule has 0 aliphatic carbocycles. The molecule has 1 aromatic carbocycles. The molecule has 0 aliphatic heterocycles. The number of thiazole rings is 1. The summed E-state index contributed by atoms with van der Waals surface area (Å²) in [6, 6.07) is 5.22. The number of guanidine groups is 1. The van der Waals surface area contributed by atoms with Crippen LogP contribution in [0.2, 0.25) is 0 Å².